The number of sulfonamides is 1. The van der Waals surface area contributed by atoms with E-state index >= 15 is 0 Å². The maximum Gasteiger partial charge on any atom is 0.242 e. The number of rotatable bonds is 7. The lowest BCUT2D eigenvalue weighted by molar-refractivity contribution is 0.271. The van der Waals surface area contributed by atoms with Gasteiger partial charge in [-0.2, -0.15) is 0 Å². The first-order chi connectivity index (χ1) is 9.55. The average molecular weight is 298 g/mol. The van der Waals surface area contributed by atoms with Crippen molar-refractivity contribution >= 4 is 10.0 Å². The second-order valence-corrected chi connectivity index (χ2v) is 7.65. The number of aliphatic hydroxyl groups excluding tert-OH is 1. The van der Waals surface area contributed by atoms with Gasteiger partial charge in [0.15, 0.2) is 0 Å². The fraction of sp³-hybridized carbons (Fsp3) is 0.714. The number of nitrogens with one attached hydrogen (secondary N) is 1. The summed E-state index contributed by atoms with van der Waals surface area (Å²) >= 11 is 0. The van der Waals surface area contributed by atoms with Crippen LogP contribution >= 0.6 is 0 Å². The molecule has 0 spiro atoms. The predicted molar refractivity (Wildman–Crippen MR) is 75.6 cm³/mol. The maximum atomic E-state index is 12.5. The average Bonchev–Trinajstić information content (AvgIpc) is 3.32. The van der Waals surface area contributed by atoms with Crippen LogP contribution in [0.3, 0.4) is 0 Å². The van der Waals surface area contributed by atoms with Crippen LogP contribution in [-0.2, 0) is 23.2 Å². The zero-order valence-electron chi connectivity index (χ0n) is 11.7. The Morgan fingerprint density at radius 3 is 2.35 bits per heavy atom. The van der Waals surface area contributed by atoms with Crippen LogP contribution in [-0.4, -0.2) is 24.1 Å². The van der Waals surface area contributed by atoms with Crippen molar-refractivity contribution in [3.8, 4) is 0 Å². The van der Waals surface area contributed by atoms with Gasteiger partial charge < -0.3 is 9.67 Å². The van der Waals surface area contributed by atoms with E-state index in [0.29, 0.717) is 24.1 Å². The van der Waals surface area contributed by atoms with Crippen LogP contribution in [0.2, 0.25) is 0 Å². The first kappa shape index (κ1) is 14.1. The molecule has 0 bridgehead atoms. The molecule has 0 unspecified atom stereocenters. The van der Waals surface area contributed by atoms with Gasteiger partial charge in [-0.05, 0) is 50.5 Å². The molecule has 1 heterocycles. The van der Waals surface area contributed by atoms with E-state index < -0.39 is 10.0 Å². The summed E-state index contributed by atoms with van der Waals surface area (Å²) in [6.45, 7) is 2.44. The lowest BCUT2D eigenvalue weighted by atomic mass is 10.1. The predicted octanol–water partition coefficient (Wildman–Crippen LogP) is 1.47. The van der Waals surface area contributed by atoms with Crippen molar-refractivity contribution < 1.29 is 13.5 Å². The largest absolute Gasteiger partial charge is 0.390 e. The van der Waals surface area contributed by atoms with E-state index in [1.165, 1.54) is 0 Å². The summed E-state index contributed by atoms with van der Waals surface area (Å²) in [5, 5.41) is 9.27. The van der Waals surface area contributed by atoms with Crippen LogP contribution in [0, 0.1) is 11.8 Å². The van der Waals surface area contributed by atoms with Gasteiger partial charge in [0.05, 0.1) is 11.5 Å². The van der Waals surface area contributed by atoms with Crippen LogP contribution in [0.1, 0.15) is 38.3 Å². The van der Waals surface area contributed by atoms with Gasteiger partial charge in [-0.3, -0.25) is 0 Å². The molecule has 2 N–H and O–H groups in total. The summed E-state index contributed by atoms with van der Waals surface area (Å²) in [5.41, 5.74) is 0.641. The molecule has 0 saturated heterocycles. The van der Waals surface area contributed by atoms with Gasteiger partial charge in [0.2, 0.25) is 10.0 Å². The molecule has 2 aliphatic rings. The second kappa shape index (κ2) is 5.16. The van der Waals surface area contributed by atoms with Crippen molar-refractivity contribution in [2.24, 2.45) is 11.8 Å². The van der Waals surface area contributed by atoms with Gasteiger partial charge in [-0.1, -0.05) is 0 Å². The molecule has 3 rings (SSSR count). The van der Waals surface area contributed by atoms with Crippen molar-refractivity contribution in [3.05, 3.63) is 18.0 Å². The van der Waals surface area contributed by atoms with Crippen molar-refractivity contribution in [2.45, 2.75) is 56.7 Å². The summed E-state index contributed by atoms with van der Waals surface area (Å²) < 4.78 is 29.7. The van der Waals surface area contributed by atoms with Gasteiger partial charge in [0.25, 0.3) is 0 Å². The van der Waals surface area contributed by atoms with Crippen molar-refractivity contribution in [1.82, 2.24) is 9.29 Å². The van der Waals surface area contributed by atoms with E-state index in [0.717, 1.165) is 25.7 Å². The smallest absolute Gasteiger partial charge is 0.242 e. The number of aryl methyl sites for hydroxylation is 1. The van der Waals surface area contributed by atoms with Gasteiger partial charge in [-0.15, -0.1) is 0 Å². The van der Waals surface area contributed by atoms with Crippen LogP contribution in [0.15, 0.2) is 17.2 Å². The van der Waals surface area contributed by atoms with E-state index in [4.69, 9.17) is 0 Å². The molecule has 0 aliphatic heterocycles. The molecule has 0 aromatic carbocycles. The molecule has 0 amide bonds. The van der Waals surface area contributed by atoms with Crippen molar-refractivity contribution in [1.29, 1.82) is 0 Å². The van der Waals surface area contributed by atoms with Crippen LogP contribution < -0.4 is 4.72 Å². The zero-order valence-corrected chi connectivity index (χ0v) is 12.6. The van der Waals surface area contributed by atoms with E-state index in [2.05, 4.69) is 4.72 Å². The topological polar surface area (TPSA) is 71.3 Å². The molecule has 1 aromatic heterocycles. The summed E-state index contributed by atoms with van der Waals surface area (Å²) in [6, 6.07) is 1.69. The van der Waals surface area contributed by atoms with Gasteiger partial charge in [0.1, 0.15) is 0 Å². The summed E-state index contributed by atoms with van der Waals surface area (Å²) in [6.07, 6.45) is 6.18. The molecule has 2 saturated carbocycles. The minimum atomic E-state index is -3.47. The molecular weight excluding hydrogens is 276 g/mol. The monoisotopic (exact) mass is 298 g/mol. The lowest BCUT2D eigenvalue weighted by Crippen LogP contribution is -2.37. The Balaban J connectivity index is 1.81. The van der Waals surface area contributed by atoms with E-state index in [1.54, 1.807) is 16.8 Å². The molecule has 2 fully saturated rings. The molecule has 6 heteroatoms. The third-order valence-electron chi connectivity index (χ3n) is 4.32. The third kappa shape index (κ3) is 2.77. The number of nitrogens with zero attached hydrogens (tertiary/aromatic N) is 1. The van der Waals surface area contributed by atoms with Crippen molar-refractivity contribution in [2.75, 3.05) is 0 Å². The van der Waals surface area contributed by atoms with Gasteiger partial charge in [-0.25, -0.2) is 13.1 Å². The minimum Gasteiger partial charge on any atom is -0.390 e. The van der Waals surface area contributed by atoms with Crippen molar-refractivity contribution in [3.63, 3.8) is 0 Å². The maximum absolute atomic E-state index is 12.5. The Labute approximate surface area is 120 Å². The minimum absolute atomic E-state index is 0.113. The highest BCUT2D eigenvalue weighted by Crippen LogP contribution is 2.45. The zero-order chi connectivity index (χ0) is 14.3. The number of hydrogen-bond donors (Lipinski definition) is 2. The number of hydrogen-bond acceptors (Lipinski definition) is 3. The molecular formula is C14H22N2O3S. The number of aliphatic hydroxyl groups is 1. The summed E-state index contributed by atoms with van der Waals surface area (Å²) in [5.74, 6) is 1.06. The Morgan fingerprint density at radius 1 is 1.35 bits per heavy atom. The molecule has 20 heavy (non-hydrogen) atoms. The standard InChI is InChI=1S/C14H22N2O3S/c1-2-16-8-13(7-12(16)9-17)20(18,19)15-14(10-3-4-10)11-5-6-11/h7-8,10-11,14-15,17H,2-6,9H2,1H3. The van der Waals surface area contributed by atoms with E-state index in [-0.39, 0.29) is 17.5 Å². The lowest BCUT2D eigenvalue weighted by Gasteiger charge is -2.17. The highest BCUT2D eigenvalue weighted by atomic mass is 32.2. The summed E-state index contributed by atoms with van der Waals surface area (Å²) in [4.78, 5) is 0.273. The second-order valence-electron chi connectivity index (χ2n) is 5.93. The Kier molecular flexibility index (Phi) is 3.64. The Hall–Kier alpha value is -0.850. The van der Waals surface area contributed by atoms with E-state index in [9.17, 15) is 13.5 Å². The molecule has 5 nitrogen and oxygen atoms in total. The summed E-state index contributed by atoms with van der Waals surface area (Å²) in [7, 11) is -3.47. The molecule has 112 valence electrons. The van der Waals surface area contributed by atoms with Crippen LogP contribution in [0.25, 0.3) is 0 Å². The third-order valence-corrected chi connectivity index (χ3v) is 5.75. The first-order valence-corrected chi connectivity index (χ1v) is 8.85. The highest BCUT2D eigenvalue weighted by Gasteiger charge is 2.43. The quantitative estimate of drug-likeness (QED) is 0.800. The molecule has 0 atom stereocenters. The Morgan fingerprint density at radius 2 is 1.95 bits per heavy atom. The molecule has 2 aliphatic carbocycles. The highest BCUT2D eigenvalue weighted by molar-refractivity contribution is 7.89. The Bertz CT molecular complexity index is 552. The number of aromatic nitrogens is 1. The first-order valence-electron chi connectivity index (χ1n) is 7.37. The SMILES string of the molecule is CCn1cc(S(=O)(=O)NC(C2CC2)C2CC2)cc1CO. The fourth-order valence-corrected chi connectivity index (χ4v) is 4.27. The van der Waals surface area contributed by atoms with Crippen LogP contribution in [0.4, 0.5) is 0 Å². The molecule has 1 aromatic rings. The van der Waals surface area contributed by atoms with Crippen LogP contribution in [0.5, 0.6) is 0 Å². The van der Waals surface area contributed by atoms with E-state index in [1.807, 2.05) is 6.92 Å². The van der Waals surface area contributed by atoms with Gasteiger partial charge >= 0.3 is 0 Å². The fourth-order valence-electron chi connectivity index (χ4n) is 2.83. The van der Waals surface area contributed by atoms with Gasteiger partial charge in [0, 0.05) is 24.5 Å². The normalized spacial score (nSPS) is 19.8. The molecule has 0 radical (unpaired) electrons.